The largest absolute Gasteiger partial charge is 0.507 e. The minimum atomic E-state index is -0.0293. The summed E-state index contributed by atoms with van der Waals surface area (Å²) in [6.45, 7) is 4.25. The van der Waals surface area contributed by atoms with Crippen LogP contribution in [0.25, 0.3) is 0 Å². The third-order valence-corrected chi connectivity index (χ3v) is 4.39. The molecule has 1 fully saturated rings. The molecule has 2 rings (SSSR count). The zero-order chi connectivity index (χ0) is 13.8. The highest BCUT2D eigenvalue weighted by Gasteiger charge is 2.26. The number of rotatable bonds is 4. The van der Waals surface area contributed by atoms with Gasteiger partial charge in [-0.15, -0.1) is 0 Å². The summed E-state index contributed by atoms with van der Waals surface area (Å²) < 4.78 is 0. The lowest BCUT2D eigenvalue weighted by Gasteiger charge is -2.34. The van der Waals surface area contributed by atoms with E-state index in [1.807, 2.05) is 6.92 Å². The molecule has 106 valence electrons. The van der Waals surface area contributed by atoms with Gasteiger partial charge in [-0.25, -0.2) is 0 Å². The molecular weight excluding hydrogens is 238 g/mol. The van der Waals surface area contributed by atoms with E-state index in [9.17, 15) is 10.2 Å². The van der Waals surface area contributed by atoms with E-state index >= 15 is 0 Å². The van der Waals surface area contributed by atoms with E-state index in [2.05, 4.69) is 12.2 Å². The van der Waals surface area contributed by atoms with Crippen LogP contribution in [0.3, 0.4) is 0 Å². The minimum absolute atomic E-state index is 0.0293. The molecule has 1 aromatic carbocycles. The van der Waals surface area contributed by atoms with Crippen molar-refractivity contribution in [2.45, 2.75) is 58.0 Å². The van der Waals surface area contributed by atoms with Gasteiger partial charge >= 0.3 is 0 Å². The molecule has 0 amide bonds. The molecule has 3 unspecified atom stereocenters. The maximum absolute atomic E-state index is 9.91. The number of hydrogen-bond acceptors (Lipinski definition) is 3. The Morgan fingerprint density at radius 1 is 1.21 bits per heavy atom. The maximum atomic E-state index is 9.91. The van der Waals surface area contributed by atoms with Crippen molar-refractivity contribution in [2.24, 2.45) is 5.92 Å². The molecule has 0 aliphatic heterocycles. The summed E-state index contributed by atoms with van der Waals surface area (Å²) in [6, 6.07) is 5.39. The first-order valence-corrected chi connectivity index (χ1v) is 7.40. The standard InChI is InChI=1S/C16H25NO2/c1-3-12-7-4-5-8-13(12)17-11(2)16-14(18)9-6-10-15(16)19/h6,9-13,17-19H,3-5,7-8H2,1-2H3. The van der Waals surface area contributed by atoms with Crippen LogP contribution >= 0.6 is 0 Å². The number of phenolic OH excluding ortho intramolecular Hbond substituents is 2. The molecule has 0 spiro atoms. The van der Waals surface area contributed by atoms with Gasteiger partial charge in [0.05, 0.1) is 5.56 Å². The lowest BCUT2D eigenvalue weighted by molar-refractivity contribution is 0.238. The van der Waals surface area contributed by atoms with Crippen LogP contribution in [-0.4, -0.2) is 16.3 Å². The summed E-state index contributed by atoms with van der Waals surface area (Å²) in [6.07, 6.45) is 6.27. The molecule has 0 saturated heterocycles. The Balaban J connectivity index is 2.09. The fourth-order valence-corrected chi connectivity index (χ4v) is 3.30. The Kier molecular flexibility index (Phi) is 4.70. The molecule has 0 heterocycles. The number of benzene rings is 1. The Labute approximate surface area is 115 Å². The highest BCUT2D eigenvalue weighted by molar-refractivity contribution is 5.44. The molecule has 0 radical (unpaired) electrons. The summed E-state index contributed by atoms with van der Waals surface area (Å²) in [4.78, 5) is 0. The number of aromatic hydroxyl groups is 2. The number of phenols is 2. The van der Waals surface area contributed by atoms with Crippen LogP contribution in [0.5, 0.6) is 11.5 Å². The van der Waals surface area contributed by atoms with Gasteiger partial charge in [0.2, 0.25) is 0 Å². The molecule has 1 aliphatic carbocycles. The van der Waals surface area contributed by atoms with Gasteiger partial charge in [0.25, 0.3) is 0 Å². The van der Waals surface area contributed by atoms with Crippen molar-refractivity contribution in [3.05, 3.63) is 23.8 Å². The highest BCUT2D eigenvalue weighted by atomic mass is 16.3. The number of nitrogens with one attached hydrogen (secondary N) is 1. The van der Waals surface area contributed by atoms with Gasteiger partial charge in [-0.3, -0.25) is 0 Å². The second kappa shape index (κ2) is 6.29. The molecule has 3 N–H and O–H groups in total. The van der Waals surface area contributed by atoms with Gasteiger partial charge in [0, 0.05) is 12.1 Å². The van der Waals surface area contributed by atoms with Gasteiger partial charge in [-0.05, 0) is 37.8 Å². The monoisotopic (exact) mass is 263 g/mol. The molecule has 3 atom stereocenters. The maximum Gasteiger partial charge on any atom is 0.124 e. The second-order valence-corrected chi connectivity index (χ2v) is 5.66. The molecule has 1 aliphatic rings. The van der Waals surface area contributed by atoms with E-state index in [0.29, 0.717) is 17.5 Å². The molecule has 3 nitrogen and oxygen atoms in total. The number of hydrogen-bond donors (Lipinski definition) is 3. The van der Waals surface area contributed by atoms with Crippen molar-refractivity contribution < 1.29 is 10.2 Å². The van der Waals surface area contributed by atoms with Crippen LogP contribution in [0.4, 0.5) is 0 Å². The lowest BCUT2D eigenvalue weighted by Crippen LogP contribution is -2.39. The predicted octanol–water partition coefficient (Wildman–Crippen LogP) is 3.72. The third-order valence-electron chi connectivity index (χ3n) is 4.39. The first kappa shape index (κ1) is 14.2. The van der Waals surface area contributed by atoms with E-state index in [1.165, 1.54) is 32.1 Å². The Morgan fingerprint density at radius 2 is 1.84 bits per heavy atom. The predicted molar refractivity (Wildman–Crippen MR) is 77.4 cm³/mol. The van der Waals surface area contributed by atoms with Crippen LogP contribution < -0.4 is 5.32 Å². The Morgan fingerprint density at radius 3 is 2.47 bits per heavy atom. The second-order valence-electron chi connectivity index (χ2n) is 5.66. The zero-order valence-corrected chi connectivity index (χ0v) is 11.9. The van der Waals surface area contributed by atoms with E-state index in [4.69, 9.17) is 0 Å². The van der Waals surface area contributed by atoms with Gasteiger partial charge in [0.1, 0.15) is 11.5 Å². The van der Waals surface area contributed by atoms with Crippen LogP contribution in [0.15, 0.2) is 18.2 Å². The molecule has 1 aromatic rings. The zero-order valence-electron chi connectivity index (χ0n) is 11.9. The topological polar surface area (TPSA) is 52.5 Å². The van der Waals surface area contributed by atoms with E-state index < -0.39 is 0 Å². The Hall–Kier alpha value is -1.22. The fraction of sp³-hybridized carbons (Fsp3) is 0.625. The van der Waals surface area contributed by atoms with Crippen molar-refractivity contribution in [3.63, 3.8) is 0 Å². The van der Waals surface area contributed by atoms with Crippen molar-refractivity contribution in [1.29, 1.82) is 0 Å². The third kappa shape index (κ3) is 3.21. The molecule has 1 saturated carbocycles. The van der Waals surface area contributed by atoms with Crippen molar-refractivity contribution in [2.75, 3.05) is 0 Å². The first-order chi connectivity index (χ1) is 9.13. The van der Waals surface area contributed by atoms with Crippen LogP contribution in [-0.2, 0) is 0 Å². The fourth-order valence-electron chi connectivity index (χ4n) is 3.30. The molecule has 0 aromatic heterocycles. The van der Waals surface area contributed by atoms with Crippen molar-refractivity contribution in [3.8, 4) is 11.5 Å². The SMILES string of the molecule is CCC1CCCCC1NC(C)c1c(O)cccc1O. The molecule has 19 heavy (non-hydrogen) atoms. The molecule has 3 heteroatoms. The summed E-state index contributed by atoms with van der Waals surface area (Å²) in [5.41, 5.74) is 0.614. The van der Waals surface area contributed by atoms with Gasteiger partial charge in [-0.2, -0.15) is 0 Å². The van der Waals surface area contributed by atoms with Crippen LogP contribution in [0.2, 0.25) is 0 Å². The molecular formula is C16H25NO2. The summed E-state index contributed by atoms with van der Waals surface area (Å²) in [5, 5.41) is 23.4. The van der Waals surface area contributed by atoms with E-state index in [1.54, 1.807) is 18.2 Å². The summed E-state index contributed by atoms with van der Waals surface area (Å²) in [5.74, 6) is 1.05. The highest BCUT2D eigenvalue weighted by Crippen LogP contribution is 2.34. The smallest absolute Gasteiger partial charge is 0.124 e. The van der Waals surface area contributed by atoms with Crippen molar-refractivity contribution >= 4 is 0 Å². The summed E-state index contributed by atoms with van der Waals surface area (Å²) in [7, 11) is 0. The van der Waals surface area contributed by atoms with Gasteiger partial charge in [0.15, 0.2) is 0 Å². The van der Waals surface area contributed by atoms with Gasteiger partial charge in [-0.1, -0.05) is 32.3 Å². The van der Waals surface area contributed by atoms with Crippen molar-refractivity contribution in [1.82, 2.24) is 5.32 Å². The minimum Gasteiger partial charge on any atom is -0.507 e. The normalized spacial score (nSPS) is 25.2. The van der Waals surface area contributed by atoms with Crippen LogP contribution in [0, 0.1) is 5.92 Å². The lowest BCUT2D eigenvalue weighted by atomic mass is 9.82. The average Bonchev–Trinajstić information content (AvgIpc) is 2.39. The summed E-state index contributed by atoms with van der Waals surface area (Å²) >= 11 is 0. The average molecular weight is 263 g/mol. The van der Waals surface area contributed by atoms with E-state index in [0.717, 1.165) is 0 Å². The van der Waals surface area contributed by atoms with Gasteiger partial charge < -0.3 is 15.5 Å². The first-order valence-electron chi connectivity index (χ1n) is 7.40. The molecule has 0 bridgehead atoms. The van der Waals surface area contributed by atoms with E-state index in [-0.39, 0.29) is 17.5 Å². The van der Waals surface area contributed by atoms with Crippen LogP contribution in [0.1, 0.15) is 57.6 Å². The Bertz CT molecular complexity index is 399. The quantitative estimate of drug-likeness (QED) is 0.776.